The van der Waals surface area contributed by atoms with E-state index < -0.39 is 0 Å². The Morgan fingerprint density at radius 1 is 0.458 bits per heavy atom. The van der Waals surface area contributed by atoms with Crippen LogP contribution in [0.25, 0.3) is 48.7 Å². The Morgan fingerprint density at radius 3 is 1.71 bits per heavy atom. The van der Waals surface area contributed by atoms with Crippen LogP contribution in [0, 0.1) is 0 Å². The van der Waals surface area contributed by atoms with Gasteiger partial charge in [-0.15, -0.1) is 11.3 Å². The quantitative estimate of drug-likeness (QED) is 0.196. The summed E-state index contributed by atoms with van der Waals surface area (Å²) in [5.41, 5.74) is 12.0. The van der Waals surface area contributed by atoms with Gasteiger partial charge in [0.2, 0.25) is 0 Å². The second-order valence-corrected chi connectivity index (χ2v) is 13.4. The molecule has 8 aromatic rings. The summed E-state index contributed by atoms with van der Waals surface area (Å²) in [5.74, 6) is 0. The minimum atomic E-state index is 0.873. The maximum absolute atomic E-state index is 3.52. The Kier molecular flexibility index (Phi) is 7.10. The summed E-state index contributed by atoms with van der Waals surface area (Å²) in [5, 5.41) is 7.37. The predicted octanol–water partition coefficient (Wildman–Crippen LogP) is 12.4. The fraction of sp³-hybridized carbons (Fsp3) is 0.0222. The molecular formula is C45H32N2S. The van der Waals surface area contributed by atoms with E-state index in [0.717, 1.165) is 23.6 Å². The van der Waals surface area contributed by atoms with Gasteiger partial charge < -0.3 is 10.2 Å². The van der Waals surface area contributed by atoms with Gasteiger partial charge in [-0.25, -0.2) is 0 Å². The molecule has 0 radical (unpaired) electrons. The van der Waals surface area contributed by atoms with Crippen molar-refractivity contribution in [2.45, 2.75) is 6.54 Å². The van der Waals surface area contributed by atoms with Crippen molar-refractivity contribution >= 4 is 54.8 Å². The van der Waals surface area contributed by atoms with E-state index in [1.807, 2.05) is 11.3 Å². The van der Waals surface area contributed by atoms with Crippen LogP contribution in [-0.2, 0) is 6.54 Å². The first-order valence-electron chi connectivity index (χ1n) is 16.4. The largest absolute Gasteiger partial charge is 0.385 e. The number of nitrogens with one attached hydrogen (secondary N) is 1. The van der Waals surface area contributed by atoms with Crippen molar-refractivity contribution in [3.05, 3.63) is 192 Å². The lowest BCUT2D eigenvalue weighted by Crippen LogP contribution is -2.12. The lowest BCUT2D eigenvalue weighted by Gasteiger charge is -2.26. The van der Waals surface area contributed by atoms with Crippen LogP contribution >= 0.6 is 11.3 Å². The van der Waals surface area contributed by atoms with Crippen LogP contribution in [0.5, 0.6) is 0 Å². The van der Waals surface area contributed by atoms with E-state index in [0.29, 0.717) is 0 Å². The summed E-state index contributed by atoms with van der Waals surface area (Å²) in [6.07, 6.45) is 2.18. The Hall–Kier alpha value is -5.90. The number of fused-ring (bicyclic) bond motifs is 4. The second kappa shape index (κ2) is 12.0. The molecule has 0 saturated heterocycles. The van der Waals surface area contributed by atoms with E-state index >= 15 is 0 Å². The molecule has 9 rings (SSSR count). The first-order chi connectivity index (χ1) is 23.8. The van der Waals surface area contributed by atoms with Crippen LogP contribution in [0.3, 0.4) is 0 Å². The van der Waals surface area contributed by atoms with Crippen molar-refractivity contribution in [3.63, 3.8) is 0 Å². The number of hydrogen-bond donors (Lipinski definition) is 1. The average molecular weight is 633 g/mol. The number of rotatable bonds is 6. The highest BCUT2D eigenvalue weighted by Gasteiger charge is 2.21. The van der Waals surface area contributed by atoms with Crippen molar-refractivity contribution in [2.75, 3.05) is 4.90 Å². The summed E-state index contributed by atoms with van der Waals surface area (Å²) in [7, 11) is 0. The molecule has 2 nitrogen and oxygen atoms in total. The van der Waals surface area contributed by atoms with E-state index in [9.17, 15) is 0 Å². The van der Waals surface area contributed by atoms with Crippen molar-refractivity contribution in [1.82, 2.24) is 5.32 Å². The van der Waals surface area contributed by atoms with Crippen molar-refractivity contribution in [2.24, 2.45) is 0 Å². The second-order valence-electron chi connectivity index (χ2n) is 12.2. The normalized spacial score (nSPS) is 12.4. The molecule has 1 aliphatic rings. The summed E-state index contributed by atoms with van der Waals surface area (Å²) in [6, 6.07) is 61.4. The highest BCUT2D eigenvalue weighted by Crippen LogP contribution is 2.42. The molecule has 228 valence electrons. The molecule has 7 aromatic carbocycles. The number of anilines is 3. The van der Waals surface area contributed by atoms with Crippen LogP contribution in [-0.4, -0.2) is 0 Å². The molecule has 0 unspecified atom stereocenters. The predicted molar refractivity (Wildman–Crippen MR) is 205 cm³/mol. The van der Waals surface area contributed by atoms with E-state index in [-0.39, 0.29) is 0 Å². The van der Waals surface area contributed by atoms with Crippen LogP contribution in [0.15, 0.2) is 176 Å². The number of hydrogen-bond acceptors (Lipinski definition) is 3. The highest BCUT2D eigenvalue weighted by atomic mass is 32.1. The average Bonchev–Trinajstić information content (AvgIpc) is 3.55. The lowest BCUT2D eigenvalue weighted by molar-refractivity contribution is 0.872. The standard InChI is InChI=1S/C45H32N2S/c1-2-8-31(9-3-1)33-16-22-38(23-17-33)47(39-24-18-34(19-25-39)37-15-14-32-10-4-5-11-36(32)28-37)40-26-20-35(21-27-40)42-29-46-30-44-45(42)41-12-6-7-13-43(41)48-44/h1-29,46H,30H2. The van der Waals surface area contributed by atoms with Gasteiger partial charge in [-0.05, 0) is 87.1 Å². The van der Waals surface area contributed by atoms with Crippen LogP contribution in [0.4, 0.5) is 17.1 Å². The van der Waals surface area contributed by atoms with Gasteiger partial charge in [0, 0.05) is 55.9 Å². The number of benzene rings is 7. The van der Waals surface area contributed by atoms with Crippen molar-refractivity contribution in [3.8, 4) is 22.3 Å². The van der Waals surface area contributed by atoms with Gasteiger partial charge in [0.15, 0.2) is 0 Å². The SMILES string of the molecule is C1=C(c2ccc(N(c3ccc(-c4ccccc4)cc3)c3ccc(-c4ccc5ccccc5c4)cc3)cc2)c2c(sc3ccccc23)CN1. The van der Waals surface area contributed by atoms with E-state index in [2.05, 4.69) is 186 Å². The third-order valence-electron chi connectivity index (χ3n) is 9.32. The van der Waals surface area contributed by atoms with Gasteiger partial charge in [0.1, 0.15) is 0 Å². The molecule has 1 aliphatic heterocycles. The third-order valence-corrected chi connectivity index (χ3v) is 10.5. The highest BCUT2D eigenvalue weighted by molar-refractivity contribution is 7.19. The molecule has 2 heterocycles. The van der Waals surface area contributed by atoms with Crippen molar-refractivity contribution < 1.29 is 0 Å². The lowest BCUT2D eigenvalue weighted by atomic mass is 9.94. The molecule has 3 heteroatoms. The molecule has 0 spiro atoms. The minimum Gasteiger partial charge on any atom is -0.385 e. The first-order valence-corrected chi connectivity index (χ1v) is 17.2. The van der Waals surface area contributed by atoms with Gasteiger partial charge >= 0.3 is 0 Å². The molecule has 0 fully saturated rings. The minimum absolute atomic E-state index is 0.873. The van der Waals surface area contributed by atoms with E-state index in [1.54, 1.807) is 0 Å². The van der Waals surface area contributed by atoms with Gasteiger partial charge in [-0.3, -0.25) is 0 Å². The molecule has 0 atom stereocenters. The van der Waals surface area contributed by atoms with E-state index in [1.165, 1.54) is 64.7 Å². The van der Waals surface area contributed by atoms with Crippen LogP contribution in [0.1, 0.15) is 16.0 Å². The number of thiophene rings is 1. The Morgan fingerprint density at radius 2 is 1.00 bits per heavy atom. The molecule has 48 heavy (non-hydrogen) atoms. The monoisotopic (exact) mass is 632 g/mol. The zero-order valence-electron chi connectivity index (χ0n) is 26.3. The molecule has 1 N–H and O–H groups in total. The zero-order valence-corrected chi connectivity index (χ0v) is 27.1. The molecule has 0 amide bonds. The van der Waals surface area contributed by atoms with Crippen LogP contribution in [0.2, 0.25) is 0 Å². The topological polar surface area (TPSA) is 15.3 Å². The Bertz CT molecular complexity index is 2420. The smallest absolute Gasteiger partial charge is 0.0495 e. The van der Waals surface area contributed by atoms with Gasteiger partial charge in [0.25, 0.3) is 0 Å². The van der Waals surface area contributed by atoms with Crippen molar-refractivity contribution in [1.29, 1.82) is 0 Å². The fourth-order valence-corrected chi connectivity index (χ4v) is 8.07. The van der Waals surface area contributed by atoms with E-state index in [4.69, 9.17) is 0 Å². The third kappa shape index (κ3) is 5.15. The van der Waals surface area contributed by atoms with Crippen LogP contribution < -0.4 is 10.2 Å². The summed E-state index contributed by atoms with van der Waals surface area (Å²) < 4.78 is 1.34. The van der Waals surface area contributed by atoms with Gasteiger partial charge in [-0.2, -0.15) is 0 Å². The van der Waals surface area contributed by atoms with Gasteiger partial charge in [-0.1, -0.05) is 121 Å². The molecular weight excluding hydrogens is 601 g/mol. The zero-order chi connectivity index (χ0) is 31.9. The summed E-state index contributed by atoms with van der Waals surface area (Å²) >= 11 is 1.89. The molecule has 0 bridgehead atoms. The summed E-state index contributed by atoms with van der Waals surface area (Å²) in [4.78, 5) is 3.74. The number of nitrogens with zero attached hydrogens (tertiary/aromatic N) is 1. The maximum atomic E-state index is 3.52. The molecule has 1 aromatic heterocycles. The fourth-order valence-electron chi connectivity index (χ4n) is 6.90. The molecule has 0 saturated carbocycles. The maximum Gasteiger partial charge on any atom is 0.0495 e. The first kappa shape index (κ1) is 28.3. The molecule has 0 aliphatic carbocycles. The summed E-state index contributed by atoms with van der Waals surface area (Å²) in [6.45, 7) is 0.873. The Labute approximate surface area is 284 Å². The van der Waals surface area contributed by atoms with Gasteiger partial charge in [0.05, 0.1) is 0 Å². The Balaban J connectivity index is 1.09.